The Morgan fingerprint density at radius 3 is 2.57 bits per heavy atom. The maximum Gasteiger partial charge on any atom is 0.376 e. The van der Waals surface area contributed by atoms with Crippen LogP contribution >= 0.6 is 11.8 Å². The van der Waals surface area contributed by atoms with Crippen LogP contribution in [-0.4, -0.2) is 39.1 Å². The lowest BCUT2D eigenvalue weighted by atomic mass is 10.3. The zero-order valence-corrected chi connectivity index (χ0v) is 12.0. The van der Waals surface area contributed by atoms with Gasteiger partial charge in [0.2, 0.25) is 5.82 Å². The molecular formula is C13H11N3O4S. The van der Waals surface area contributed by atoms with Gasteiger partial charge in [0.25, 0.3) is 0 Å². The normalized spacial score (nSPS) is 10.2. The molecule has 0 atom stereocenters. The number of hydrogen-bond donors (Lipinski definition) is 1. The van der Waals surface area contributed by atoms with E-state index in [-0.39, 0.29) is 11.4 Å². The highest BCUT2D eigenvalue weighted by Gasteiger charge is 2.12. The number of hydrogen-bond acceptors (Lipinski definition) is 7. The second-order valence-corrected chi connectivity index (χ2v) is 5.00. The number of pyridine rings is 1. The van der Waals surface area contributed by atoms with Gasteiger partial charge in [-0.2, -0.15) is 0 Å². The smallest absolute Gasteiger partial charge is 0.376 e. The molecule has 2 rings (SSSR count). The van der Waals surface area contributed by atoms with Gasteiger partial charge in [0.15, 0.2) is 0 Å². The molecule has 2 heterocycles. The number of carboxylic acids is 1. The molecule has 0 radical (unpaired) electrons. The van der Waals surface area contributed by atoms with Crippen LogP contribution in [0, 0.1) is 6.92 Å². The summed E-state index contributed by atoms with van der Waals surface area (Å²) in [5.74, 6) is -1.68. The predicted molar refractivity (Wildman–Crippen MR) is 73.4 cm³/mol. The maximum atomic E-state index is 11.5. The summed E-state index contributed by atoms with van der Waals surface area (Å²) < 4.78 is 4.58. The van der Waals surface area contributed by atoms with E-state index in [1.165, 1.54) is 31.1 Å². The average molecular weight is 305 g/mol. The number of aromatic nitrogens is 3. The fourth-order valence-electron chi connectivity index (χ4n) is 1.45. The lowest BCUT2D eigenvalue weighted by Gasteiger charge is -2.04. The molecule has 1 N–H and O–H groups in total. The Hall–Kier alpha value is -2.48. The van der Waals surface area contributed by atoms with Crippen molar-refractivity contribution >= 4 is 23.7 Å². The first kappa shape index (κ1) is 14.9. The van der Waals surface area contributed by atoms with Crippen LogP contribution in [-0.2, 0) is 4.74 Å². The van der Waals surface area contributed by atoms with Crippen molar-refractivity contribution in [3.8, 4) is 0 Å². The SMILES string of the molecule is COC(=O)c1nc(C)cc(Sc2ccc(C(=O)O)cn2)n1. The second kappa shape index (κ2) is 6.31. The third-order valence-corrected chi connectivity index (χ3v) is 3.26. The molecule has 0 saturated heterocycles. The Balaban J connectivity index is 2.24. The molecule has 7 nitrogen and oxygen atoms in total. The van der Waals surface area contributed by atoms with Gasteiger partial charge in [-0.15, -0.1) is 0 Å². The third-order valence-electron chi connectivity index (χ3n) is 2.39. The van der Waals surface area contributed by atoms with Crippen LogP contribution in [0.2, 0.25) is 0 Å². The number of methoxy groups -OCH3 is 1. The van der Waals surface area contributed by atoms with Crippen molar-refractivity contribution in [3.05, 3.63) is 41.5 Å². The first-order chi connectivity index (χ1) is 9.99. The molecule has 0 spiro atoms. The summed E-state index contributed by atoms with van der Waals surface area (Å²) in [6.45, 7) is 1.74. The Labute approximate surface area is 124 Å². The van der Waals surface area contributed by atoms with Crippen molar-refractivity contribution in [3.63, 3.8) is 0 Å². The number of carboxylic acid groups (broad SMARTS) is 1. The van der Waals surface area contributed by atoms with Crippen LogP contribution in [0.4, 0.5) is 0 Å². The lowest BCUT2D eigenvalue weighted by Crippen LogP contribution is -2.08. The van der Waals surface area contributed by atoms with Gasteiger partial charge in [0, 0.05) is 11.9 Å². The first-order valence-corrected chi connectivity index (χ1v) is 6.62. The van der Waals surface area contributed by atoms with Gasteiger partial charge >= 0.3 is 11.9 Å². The first-order valence-electron chi connectivity index (χ1n) is 5.81. The summed E-state index contributed by atoms with van der Waals surface area (Å²) in [6.07, 6.45) is 1.26. The average Bonchev–Trinajstić information content (AvgIpc) is 2.46. The number of nitrogens with zero attached hydrogens (tertiary/aromatic N) is 3. The molecule has 0 aliphatic rings. The van der Waals surface area contributed by atoms with Crippen molar-refractivity contribution in [1.29, 1.82) is 0 Å². The number of ether oxygens (including phenoxy) is 1. The Kier molecular flexibility index (Phi) is 4.49. The number of aromatic carboxylic acids is 1. The van der Waals surface area contributed by atoms with E-state index < -0.39 is 11.9 Å². The standard InChI is InChI=1S/C13H11N3O4S/c1-7-5-10(16-11(15-7)13(19)20-2)21-9-4-3-8(6-14-9)12(17)18/h3-6H,1-2H3,(H,17,18). The summed E-state index contributed by atoms with van der Waals surface area (Å²) >= 11 is 1.20. The second-order valence-electron chi connectivity index (χ2n) is 3.96. The number of esters is 1. The highest BCUT2D eigenvalue weighted by atomic mass is 32.2. The molecule has 0 saturated carbocycles. The molecular weight excluding hydrogens is 294 g/mol. The largest absolute Gasteiger partial charge is 0.478 e. The minimum Gasteiger partial charge on any atom is -0.478 e. The van der Waals surface area contributed by atoms with Gasteiger partial charge in [-0.1, -0.05) is 0 Å². The molecule has 0 unspecified atom stereocenters. The molecule has 0 aliphatic carbocycles. The van der Waals surface area contributed by atoms with Crippen LogP contribution in [0.15, 0.2) is 34.4 Å². The van der Waals surface area contributed by atoms with E-state index in [9.17, 15) is 9.59 Å². The minimum atomic E-state index is -1.04. The molecule has 0 amide bonds. The van der Waals surface area contributed by atoms with E-state index in [0.717, 1.165) is 0 Å². The Morgan fingerprint density at radius 2 is 2.00 bits per heavy atom. The lowest BCUT2D eigenvalue weighted by molar-refractivity contribution is 0.0584. The van der Waals surface area contributed by atoms with Crippen molar-refractivity contribution in [2.45, 2.75) is 17.0 Å². The Morgan fingerprint density at radius 1 is 1.24 bits per heavy atom. The van der Waals surface area contributed by atoms with Crippen LogP contribution < -0.4 is 0 Å². The van der Waals surface area contributed by atoms with Crippen LogP contribution in [0.3, 0.4) is 0 Å². The molecule has 0 aliphatic heterocycles. The molecule has 0 fully saturated rings. The molecule has 108 valence electrons. The van der Waals surface area contributed by atoms with Gasteiger partial charge in [0.05, 0.1) is 12.7 Å². The number of carbonyl (C=O) groups excluding carboxylic acids is 1. The molecule has 8 heteroatoms. The molecule has 2 aromatic heterocycles. The number of rotatable bonds is 4. The zero-order chi connectivity index (χ0) is 15.4. The summed E-state index contributed by atoms with van der Waals surface area (Å²) in [5, 5.41) is 9.90. The van der Waals surface area contributed by atoms with Crippen LogP contribution in [0.25, 0.3) is 0 Å². The van der Waals surface area contributed by atoms with Crippen LogP contribution in [0.5, 0.6) is 0 Å². The van der Waals surface area contributed by atoms with Gasteiger partial charge in [0.1, 0.15) is 10.1 Å². The fourth-order valence-corrected chi connectivity index (χ4v) is 2.27. The summed E-state index contributed by atoms with van der Waals surface area (Å²) in [7, 11) is 1.26. The van der Waals surface area contributed by atoms with Gasteiger partial charge < -0.3 is 9.84 Å². The number of aryl methyl sites for hydroxylation is 1. The zero-order valence-electron chi connectivity index (χ0n) is 11.2. The monoisotopic (exact) mass is 305 g/mol. The van der Waals surface area contributed by atoms with Gasteiger partial charge in [-0.05, 0) is 36.9 Å². The van der Waals surface area contributed by atoms with E-state index in [1.54, 1.807) is 19.1 Å². The summed E-state index contributed by atoms with van der Waals surface area (Å²) in [6, 6.07) is 4.72. The molecule has 0 aromatic carbocycles. The van der Waals surface area contributed by atoms with Crippen molar-refractivity contribution < 1.29 is 19.4 Å². The number of carbonyl (C=O) groups is 2. The molecule has 0 bridgehead atoms. The minimum absolute atomic E-state index is 0.0258. The van der Waals surface area contributed by atoms with Gasteiger partial charge in [-0.3, -0.25) is 0 Å². The summed E-state index contributed by atoms with van der Waals surface area (Å²) in [4.78, 5) is 34.3. The van der Waals surface area contributed by atoms with E-state index in [2.05, 4.69) is 19.7 Å². The van der Waals surface area contributed by atoms with E-state index >= 15 is 0 Å². The highest BCUT2D eigenvalue weighted by Crippen LogP contribution is 2.24. The summed E-state index contributed by atoms with van der Waals surface area (Å²) in [5.41, 5.74) is 0.725. The van der Waals surface area contributed by atoms with Crippen molar-refractivity contribution in [1.82, 2.24) is 15.0 Å². The highest BCUT2D eigenvalue weighted by molar-refractivity contribution is 7.99. The van der Waals surface area contributed by atoms with Crippen molar-refractivity contribution in [2.75, 3.05) is 7.11 Å². The van der Waals surface area contributed by atoms with Gasteiger partial charge in [-0.25, -0.2) is 24.5 Å². The van der Waals surface area contributed by atoms with Crippen molar-refractivity contribution in [2.24, 2.45) is 0 Å². The predicted octanol–water partition coefficient (Wildman–Crippen LogP) is 1.82. The van der Waals surface area contributed by atoms with E-state index in [0.29, 0.717) is 15.7 Å². The maximum absolute atomic E-state index is 11.5. The fraction of sp³-hybridized carbons (Fsp3) is 0.154. The van der Waals surface area contributed by atoms with E-state index in [4.69, 9.17) is 5.11 Å². The topological polar surface area (TPSA) is 102 Å². The van der Waals surface area contributed by atoms with E-state index in [1.807, 2.05) is 0 Å². The molecule has 2 aromatic rings. The Bertz CT molecular complexity index is 688. The quantitative estimate of drug-likeness (QED) is 0.674. The third kappa shape index (κ3) is 3.76. The molecule has 21 heavy (non-hydrogen) atoms. The van der Waals surface area contributed by atoms with Crippen LogP contribution in [0.1, 0.15) is 26.7 Å².